The fourth-order valence-corrected chi connectivity index (χ4v) is 2.48. The van der Waals surface area contributed by atoms with Crippen LogP contribution < -0.4 is 4.90 Å². The highest BCUT2D eigenvalue weighted by Gasteiger charge is 2.23. The van der Waals surface area contributed by atoms with Crippen LogP contribution in [0.5, 0.6) is 0 Å². The Morgan fingerprint density at radius 2 is 2.05 bits per heavy atom. The van der Waals surface area contributed by atoms with Crippen molar-refractivity contribution in [1.82, 2.24) is 9.97 Å². The first-order valence-corrected chi connectivity index (χ1v) is 6.21. The molecule has 0 fully saturated rings. The number of carboxylic acid groups (broad SMARTS) is 1. The maximum atomic E-state index is 13.5. The summed E-state index contributed by atoms with van der Waals surface area (Å²) < 4.78 is 13.5. The average molecular weight is 273 g/mol. The minimum absolute atomic E-state index is 0.0497. The Hall–Kier alpha value is -2.50. The van der Waals surface area contributed by atoms with Crippen molar-refractivity contribution in [3.63, 3.8) is 0 Å². The molecule has 20 heavy (non-hydrogen) atoms. The lowest BCUT2D eigenvalue weighted by atomic mass is 9.94. The SMILES string of the molecule is O=C(O)c1cc(F)cc2c1CCN(c1ncccn1)C2. The summed E-state index contributed by atoms with van der Waals surface area (Å²) in [5.74, 6) is -1.05. The highest BCUT2D eigenvalue weighted by atomic mass is 19.1. The molecule has 0 atom stereocenters. The Morgan fingerprint density at radius 3 is 2.75 bits per heavy atom. The second-order valence-electron chi connectivity index (χ2n) is 4.62. The van der Waals surface area contributed by atoms with Gasteiger partial charge in [0.2, 0.25) is 5.95 Å². The van der Waals surface area contributed by atoms with E-state index in [4.69, 9.17) is 5.11 Å². The van der Waals surface area contributed by atoms with Gasteiger partial charge >= 0.3 is 5.97 Å². The fourth-order valence-electron chi connectivity index (χ4n) is 2.48. The standard InChI is InChI=1S/C14H12FN3O2/c15-10-6-9-8-18(14-16-3-1-4-17-14)5-2-11(9)12(7-10)13(19)20/h1,3-4,6-7H,2,5,8H2,(H,19,20). The minimum atomic E-state index is -1.09. The topological polar surface area (TPSA) is 66.3 Å². The van der Waals surface area contributed by atoms with Crippen molar-refractivity contribution in [3.8, 4) is 0 Å². The van der Waals surface area contributed by atoms with Crippen molar-refractivity contribution in [2.45, 2.75) is 13.0 Å². The van der Waals surface area contributed by atoms with E-state index in [0.717, 1.165) is 6.07 Å². The molecule has 0 amide bonds. The predicted octanol–water partition coefficient (Wildman–Crippen LogP) is 1.88. The van der Waals surface area contributed by atoms with Crippen molar-refractivity contribution in [2.75, 3.05) is 11.4 Å². The van der Waals surface area contributed by atoms with Crippen LogP contribution in [0.4, 0.5) is 10.3 Å². The second kappa shape index (κ2) is 4.88. The van der Waals surface area contributed by atoms with Crippen molar-refractivity contribution < 1.29 is 14.3 Å². The lowest BCUT2D eigenvalue weighted by Gasteiger charge is -2.29. The van der Waals surface area contributed by atoms with Gasteiger partial charge < -0.3 is 10.0 Å². The van der Waals surface area contributed by atoms with Gasteiger partial charge in [0.15, 0.2) is 0 Å². The van der Waals surface area contributed by atoms with E-state index in [-0.39, 0.29) is 5.56 Å². The number of hydrogen-bond acceptors (Lipinski definition) is 4. The molecule has 1 aromatic carbocycles. The summed E-state index contributed by atoms with van der Waals surface area (Å²) in [6.45, 7) is 1.03. The molecular formula is C14H12FN3O2. The van der Waals surface area contributed by atoms with Crippen LogP contribution >= 0.6 is 0 Å². The number of nitrogens with zero attached hydrogens (tertiary/aromatic N) is 3. The zero-order chi connectivity index (χ0) is 14.1. The van der Waals surface area contributed by atoms with E-state index in [1.54, 1.807) is 18.5 Å². The molecule has 0 saturated carbocycles. The summed E-state index contributed by atoms with van der Waals surface area (Å²) >= 11 is 0. The van der Waals surface area contributed by atoms with Gasteiger partial charge in [0.1, 0.15) is 5.82 Å². The van der Waals surface area contributed by atoms with Crippen LogP contribution in [0.2, 0.25) is 0 Å². The van der Waals surface area contributed by atoms with E-state index in [2.05, 4.69) is 9.97 Å². The summed E-state index contributed by atoms with van der Waals surface area (Å²) in [4.78, 5) is 21.4. The van der Waals surface area contributed by atoms with Crippen LogP contribution in [-0.4, -0.2) is 27.6 Å². The van der Waals surface area contributed by atoms with Crippen LogP contribution in [0, 0.1) is 5.82 Å². The molecule has 2 heterocycles. The quantitative estimate of drug-likeness (QED) is 0.905. The molecule has 0 saturated heterocycles. The minimum Gasteiger partial charge on any atom is -0.478 e. The lowest BCUT2D eigenvalue weighted by Crippen LogP contribution is -2.32. The Balaban J connectivity index is 1.98. The smallest absolute Gasteiger partial charge is 0.336 e. The van der Waals surface area contributed by atoms with Gasteiger partial charge in [0, 0.05) is 25.5 Å². The van der Waals surface area contributed by atoms with E-state index in [1.807, 2.05) is 4.90 Å². The third kappa shape index (κ3) is 2.20. The van der Waals surface area contributed by atoms with Gasteiger partial charge in [-0.15, -0.1) is 0 Å². The van der Waals surface area contributed by atoms with Crippen molar-refractivity contribution in [2.24, 2.45) is 0 Å². The largest absolute Gasteiger partial charge is 0.478 e. The van der Waals surface area contributed by atoms with Crippen LogP contribution in [0.1, 0.15) is 21.5 Å². The third-order valence-electron chi connectivity index (χ3n) is 3.37. The van der Waals surface area contributed by atoms with Crippen molar-refractivity contribution in [3.05, 3.63) is 53.1 Å². The fraction of sp³-hybridized carbons (Fsp3) is 0.214. The third-order valence-corrected chi connectivity index (χ3v) is 3.37. The summed E-state index contributed by atoms with van der Waals surface area (Å²) in [5, 5.41) is 9.14. The summed E-state index contributed by atoms with van der Waals surface area (Å²) in [6, 6.07) is 4.19. The number of halogens is 1. The van der Waals surface area contributed by atoms with Crippen LogP contribution in [0.3, 0.4) is 0 Å². The highest BCUT2D eigenvalue weighted by molar-refractivity contribution is 5.90. The molecule has 2 aromatic rings. The van der Waals surface area contributed by atoms with Gasteiger partial charge in [-0.3, -0.25) is 0 Å². The molecule has 0 bridgehead atoms. The zero-order valence-electron chi connectivity index (χ0n) is 10.6. The van der Waals surface area contributed by atoms with E-state index in [9.17, 15) is 9.18 Å². The molecular weight excluding hydrogens is 261 g/mol. The number of hydrogen-bond donors (Lipinski definition) is 1. The normalized spacial score (nSPS) is 13.9. The van der Waals surface area contributed by atoms with E-state index < -0.39 is 11.8 Å². The van der Waals surface area contributed by atoms with Gasteiger partial charge in [0.25, 0.3) is 0 Å². The lowest BCUT2D eigenvalue weighted by molar-refractivity contribution is 0.0695. The van der Waals surface area contributed by atoms with Gasteiger partial charge in [0.05, 0.1) is 5.56 Å². The molecule has 0 unspecified atom stereocenters. The average Bonchev–Trinajstić information content (AvgIpc) is 2.46. The van der Waals surface area contributed by atoms with Gasteiger partial charge in [-0.2, -0.15) is 0 Å². The number of fused-ring (bicyclic) bond motifs is 1. The molecule has 0 spiro atoms. The van der Waals surface area contributed by atoms with E-state index >= 15 is 0 Å². The Labute approximate surface area is 114 Å². The Kier molecular flexibility index (Phi) is 3.06. The van der Waals surface area contributed by atoms with Crippen molar-refractivity contribution in [1.29, 1.82) is 0 Å². The monoisotopic (exact) mass is 273 g/mol. The van der Waals surface area contributed by atoms with Crippen LogP contribution in [0.15, 0.2) is 30.6 Å². The molecule has 0 radical (unpaired) electrons. The van der Waals surface area contributed by atoms with Crippen LogP contribution in [-0.2, 0) is 13.0 Å². The van der Waals surface area contributed by atoms with Crippen LogP contribution in [0.25, 0.3) is 0 Å². The molecule has 0 aliphatic carbocycles. The number of benzene rings is 1. The van der Waals surface area contributed by atoms with Gasteiger partial charge in [-0.25, -0.2) is 19.2 Å². The summed E-state index contributed by atoms with van der Waals surface area (Å²) in [6.07, 6.45) is 3.83. The zero-order valence-corrected chi connectivity index (χ0v) is 10.6. The number of rotatable bonds is 2. The maximum absolute atomic E-state index is 13.5. The molecule has 102 valence electrons. The van der Waals surface area contributed by atoms with Crippen molar-refractivity contribution >= 4 is 11.9 Å². The number of anilines is 1. The first-order chi connectivity index (χ1) is 9.65. The summed E-state index contributed by atoms with van der Waals surface area (Å²) in [5.41, 5.74) is 1.43. The first kappa shape index (κ1) is 12.5. The molecule has 1 N–H and O–H groups in total. The number of carbonyl (C=O) groups is 1. The highest BCUT2D eigenvalue weighted by Crippen LogP contribution is 2.26. The molecule has 1 aromatic heterocycles. The maximum Gasteiger partial charge on any atom is 0.336 e. The molecule has 1 aliphatic heterocycles. The second-order valence-corrected chi connectivity index (χ2v) is 4.62. The summed E-state index contributed by atoms with van der Waals surface area (Å²) in [7, 11) is 0. The molecule has 1 aliphatic rings. The van der Waals surface area contributed by atoms with E-state index in [0.29, 0.717) is 36.6 Å². The predicted molar refractivity (Wildman–Crippen MR) is 70.1 cm³/mol. The number of aromatic nitrogens is 2. The molecule has 3 rings (SSSR count). The molecule has 5 nitrogen and oxygen atoms in total. The first-order valence-electron chi connectivity index (χ1n) is 6.21. The number of aromatic carboxylic acids is 1. The van der Waals surface area contributed by atoms with Gasteiger partial charge in [-0.05, 0) is 35.7 Å². The molecule has 6 heteroatoms. The number of carboxylic acids is 1. The Bertz CT molecular complexity index is 661. The van der Waals surface area contributed by atoms with E-state index in [1.165, 1.54) is 6.07 Å². The van der Waals surface area contributed by atoms with Gasteiger partial charge in [-0.1, -0.05) is 0 Å². The Morgan fingerprint density at radius 1 is 1.30 bits per heavy atom.